The number of benzene rings is 1. The number of nitrogens with zero attached hydrogens (tertiary/aromatic N) is 2. The summed E-state index contributed by atoms with van der Waals surface area (Å²) in [4.78, 5) is 0. The molecule has 0 spiro atoms. The van der Waals surface area contributed by atoms with Crippen LogP contribution < -0.4 is 0 Å². The summed E-state index contributed by atoms with van der Waals surface area (Å²) in [5, 5.41) is 6.90. The fourth-order valence-corrected chi connectivity index (χ4v) is 2.34. The van der Waals surface area contributed by atoms with Gasteiger partial charge in [-0.05, 0) is 46.3 Å². The number of hydrogen-bond donors (Lipinski definition) is 1. The van der Waals surface area contributed by atoms with E-state index in [0.717, 1.165) is 5.56 Å². The zero-order valence-corrected chi connectivity index (χ0v) is 12.0. The topological polar surface area (TPSA) is 42.8 Å². The lowest BCUT2D eigenvalue weighted by atomic mass is 10.2. The lowest BCUT2D eigenvalue weighted by Gasteiger charge is -2.07. The van der Waals surface area contributed by atoms with Crippen molar-refractivity contribution in [3.05, 3.63) is 33.3 Å². The van der Waals surface area contributed by atoms with Gasteiger partial charge in [-0.25, -0.2) is 4.39 Å². The predicted octanol–water partition coefficient (Wildman–Crippen LogP) is 3.16. The highest BCUT2D eigenvalue weighted by Gasteiger charge is 2.12. The average molecular weight is 332 g/mol. The van der Waals surface area contributed by atoms with Gasteiger partial charge in [0, 0.05) is 17.1 Å². The Hall–Kier alpha value is -1.05. The van der Waals surface area contributed by atoms with Gasteiger partial charge >= 0.3 is 0 Å². The molecule has 1 heterocycles. The quantitative estimate of drug-likeness (QED) is 0.875. The van der Waals surface area contributed by atoms with Crippen molar-refractivity contribution in [3.8, 4) is 11.4 Å². The average Bonchev–Trinajstić information content (AvgIpc) is 2.68. The van der Waals surface area contributed by atoms with Crippen LogP contribution in [-0.2, 0) is 11.3 Å². The lowest BCUT2D eigenvalue weighted by Crippen LogP contribution is -2.06. The number of hydrogen-bond acceptors (Lipinski definition) is 3. The van der Waals surface area contributed by atoms with Crippen LogP contribution >= 0.6 is 28.1 Å². The zero-order valence-electron chi connectivity index (χ0n) is 9.61. The Balaban J connectivity index is 2.47. The highest BCUT2D eigenvalue weighted by atomic mass is 79.9. The number of nitrogens with one attached hydrogen (secondary N) is 1. The minimum absolute atomic E-state index is 0.303. The molecule has 7 heteroatoms. The summed E-state index contributed by atoms with van der Waals surface area (Å²) in [5.74, 6) is 0.354. The number of ether oxygens (including phenoxy) is 1. The Morgan fingerprint density at radius 2 is 2.33 bits per heavy atom. The van der Waals surface area contributed by atoms with Crippen LogP contribution in [0.1, 0.15) is 0 Å². The first-order chi connectivity index (χ1) is 8.63. The van der Waals surface area contributed by atoms with Crippen molar-refractivity contribution in [1.29, 1.82) is 0 Å². The number of methoxy groups -OCH3 is 1. The van der Waals surface area contributed by atoms with Crippen LogP contribution in [-0.4, -0.2) is 28.5 Å². The number of aromatic amines is 1. The first-order valence-corrected chi connectivity index (χ1v) is 6.43. The van der Waals surface area contributed by atoms with Crippen molar-refractivity contribution < 1.29 is 9.13 Å². The molecule has 96 valence electrons. The summed E-state index contributed by atoms with van der Waals surface area (Å²) in [6, 6.07) is 4.44. The lowest BCUT2D eigenvalue weighted by molar-refractivity contribution is 0.187. The van der Waals surface area contributed by atoms with Gasteiger partial charge in [0.05, 0.1) is 13.2 Å². The molecule has 1 N–H and O–H groups in total. The fraction of sp³-hybridized carbons (Fsp3) is 0.273. The minimum Gasteiger partial charge on any atom is -0.383 e. The van der Waals surface area contributed by atoms with E-state index in [0.29, 0.717) is 28.2 Å². The van der Waals surface area contributed by atoms with E-state index in [2.05, 4.69) is 26.1 Å². The summed E-state index contributed by atoms with van der Waals surface area (Å²) in [6.45, 7) is 1.12. The van der Waals surface area contributed by atoms with Crippen molar-refractivity contribution in [2.24, 2.45) is 0 Å². The van der Waals surface area contributed by atoms with E-state index in [1.54, 1.807) is 13.2 Å². The summed E-state index contributed by atoms with van der Waals surface area (Å²) < 4.78 is 21.1. The summed E-state index contributed by atoms with van der Waals surface area (Å²) in [5.41, 5.74) is 0.778. The number of rotatable bonds is 4. The molecule has 18 heavy (non-hydrogen) atoms. The van der Waals surface area contributed by atoms with E-state index < -0.39 is 0 Å². The maximum Gasteiger partial charge on any atom is 0.195 e. The highest BCUT2D eigenvalue weighted by molar-refractivity contribution is 9.10. The van der Waals surface area contributed by atoms with E-state index in [-0.39, 0.29) is 5.82 Å². The van der Waals surface area contributed by atoms with Crippen LogP contribution in [0, 0.1) is 10.6 Å². The van der Waals surface area contributed by atoms with Crippen LogP contribution in [0.5, 0.6) is 0 Å². The Labute approximate surface area is 117 Å². The van der Waals surface area contributed by atoms with Crippen molar-refractivity contribution in [2.45, 2.75) is 6.54 Å². The molecule has 1 aromatic heterocycles. The van der Waals surface area contributed by atoms with Crippen molar-refractivity contribution in [2.75, 3.05) is 13.7 Å². The molecule has 4 nitrogen and oxygen atoms in total. The molecule has 0 aliphatic heterocycles. The molecule has 0 aliphatic carbocycles. The fourth-order valence-electron chi connectivity index (χ4n) is 1.58. The van der Waals surface area contributed by atoms with Crippen molar-refractivity contribution in [3.63, 3.8) is 0 Å². The van der Waals surface area contributed by atoms with Gasteiger partial charge in [0.15, 0.2) is 10.6 Å². The van der Waals surface area contributed by atoms with Gasteiger partial charge in [0.2, 0.25) is 0 Å². The molecule has 2 rings (SSSR count). The maximum absolute atomic E-state index is 13.1. The molecule has 1 aromatic carbocycles. The molecular formula is C11H11BrFN3OS. The molecule has 0 bridgehead atoms. The zero-order chi connectivity index (χ0) is 13.1. The van der Waals surface area contributed by atoms with Crippen LogP contribution in [0.25, 0.3) is 11.4 Å². The van der Waals surface area contributed by atoms with E-state index in [1.165, 1.54) is 12.1 Å². The van der Waals surface area contributed by atoms with Crippen LogP contribution in [0.3, 0.4) is 0 Å². The van der Waals surface area contributed by atoms with Gasteiger partial charge in [-0.2, -0.15) is 5.10 Å². The van der Waals surface area contributed by atoms with Crippen LogP contribution in [0.4, 0.5) is 4.39 Å². The Bertz CT molecular complexity index is 611. The van der Waals surface area contributed by atoms with Crippen molar-refractivity contribution >= 4 is 28.1 Å². The Kier molecular flexibility index (Phi) is 4.26. The second-order valence-corrected chi connectivity index (χ2v) is 4.86. The van der Waals surface area contributed by atoms with E-state index in [1.807, 2.05) is 4.57 Å². The van der Waals surface area contributed by atoms with Crippen LogP contribution in [0.15, 0.2) is 22.7 Å². The molecular weight excluding hydrogens is 321 g/mol. The summed E-state index contributed by atoms with van der Waals surface area (Å²) in [6.07, 6.45) is 0. The molecule has 0 fully saturated rings. The standard InChI is InChI=1S/C11H11BrFN3OS/c1-17-5-4-16-10(14-15-11(16)18)8-3-2-7(13)6-9(8)12/h2-3,6H,4-5H2,1H3,(H,15,18). The van der Waals surface area contributed by atoms with Gasteiger partial charge in [0.25, 0.3) is 0 Å². The second-order valence-electron chi connectivity index (χ2n) is 3.62. The summed E-state index contributed by atoms with van der Waals surface area (Å²) in [7, 11) is 1.62. The molecule has 0 radical (unpaired) electrons. The van der Waals surface area contributed by atoms with E-state index >= 15 is 0 Å². The smallest absolute Gasteiger partial charge is 0.195 e. The van der Waals surface area contributed by atoms with Gasteiger partial charge in [-0.3, -0.25) is 9.67 Å². The number of H-pyrrole nitrogens is 1. The maximum atomic E-state index is 13.1. The third kappa shape index (κ3) is 2.68. The van der Waals surface area contributed by atoms with Crippen molar-refractivity contribution in [1.82, 2.24) is 14.8 Å². The Morgan fingerprint density at radius 3 is 3.00 bits per heavy atom. The largest absolute Gasteiger partial charge is 0.383 e. The minimum atomic E-state index is -0.303. The molecule has 0 amide bonds. The first-order valence-electron chi connectivity index (χ1n) is 5.23. The molecule has 0 saturated carbocycles. The van der Waals surface area contributed by atoms with E-state index in [4.69, 9.17) is 17.0 Å². The van der Waals surface area contributed by atoms with Gasteiger partial charge in [-0.1, -0.05) is 0 Å². The molecule has 0 atom stereocenters. The second kappa shape index (κ2) is 5.73. The highest BCUT2D eigenvalue weighted by Crippen LogP contribution is 2.27. The third-order valence-corrected chi connectivity index (χ3v) is 3.42. The molecule has 0 unspecified atom stereocenters. The van der Waals surface area contributed by atoms with Gasteiger partial charge in [0.1, 0.15) is 5.82 Å². The molecule has 0 aliphatic rings. The first kappa shape index (κ1) is 13.4. The van der Waals surface area contributed by atoms with Gasteiger partial charge in [-0.15, -0.1) is 0 Å². The molecule has 0 saturated heterocycles. The predicted molar refractivity (Wildman–Crippen MR) is 72.4 cm³/mol. The summed E-state index contributed by atoms with van der Waals surface area (Å²) >= 11 is 8.48. The monoisotopic (exact) mass is 331 g/mol. The normalized spacial score (nSPS) is 10.8. The Morgan fingerprint density at radius 1 is 1.56 bits per heavy atom. The van der Waals surface area contributed by atoms with Gasteiger partial charge < -0.3 is 4.74 Å². The number of halogens is 2. The number of aromatic nitrogens is 3. The SMILES string of the molecule is COCCn1c(-c2ccc(F)cc2Br)n[nH]c1=S. The van der Waals surface area contributed by atoms with Crippen LogP contribution in [0.2, 0.25) is 0 Å². The third-order valence-electron chi connectivity index (χ3n) is 2.45. The molecule has 2 aromatic rings. The van der Waals surface area contributed by atoms with E-state index in [9.17, 15) is 4.39 Å².